The summed E-state index contributed by atoms with van der Waals surface area (Å²) in [7, 11) is 3.10. The Morgan fingerprint density at radius 3 is 2.58 bits per heavy atom. The molecule has 0 aliphatic carbocycles. The number of likely N-dealkylation sites (N-methyl/N-ethyl adjacent to an activating group) is 1. The summed E-state index contributed by atoms with van der Waals surface area (Å²) in [6, 6.07) is 5.28. The summed E-state index contributed by atoms with van der Waals surface area (Å²) in [4.78, 5) is 27.3. The Balaban J connectivity index is 1.91. The van der Waals surface area contributed by atoms with Gasteiger partial charge in [-0.3, -0.25) is 9.59 Å². The molecule has 1 aromatic heterocycles. The molecule has 9 heteroatoms. The molecule has 1 aromatic carbocycles. The summed E-state index contributed by atoms with van der Waals surface area (Å²) < 4.78 is 15.6. The van der Waals surface area contributed by atoms with Gasteiger partial charge in [0, 0.05) is 24.9 Å². The number of methoxy groups -OCH3 is 2. The van der Waals surface area contributed by atoms with Crippen molar-refractivity contribution >= 4 is 11.8 Å². The van der Waals surface area contributed by atoms with Crippen molar-refractivity contribution in [2.45, 2.75) is 19.8 Å². The van der Waals surface area contributed by atoms with E-state index in [9.17, 15) is 9.59 Å². The van der Waals surface area contributed by atoms with Crippen molar-refractivity contribution in [1.82, 2.24) is 20.8 Å². The van der Waals surface area contributed by atoms with Gasteiger partial charge in [-0.05, 0) is 25.1 Å². The molecular formula is C17H22N4O5. The van der Waals surface area contributed by atoms with Gasteiger partial charge < -0.3 is 24.6 Å². The highest BCUT2D eigenvalue weighted by molar-refractivity contribution is 5.84. The van der Waals surface area contributed by atoms with Gasteiger partial charge in [-0.1, -0.05) is 5.16 Å². The van der Waals surface area contributed by atoms with Gasteiger partial charge in [0.15, 0.2) is 11.5 Å². The third-order valence-corrected chi connectivity index (χ3v) is 3.50. The minimum Gasteiger partial charge on any atom is -0.493 e. The van der Waals surface area contributed by atoms with E-state index in [1.54, 1.807) is 32.4 Å². The van der Waals surface area contributed by atoms with E-state index in [2.05, 4.69) is 20.8 Å². The van der Waals surface area contributed by atoms with Crippen molar-refractivity contribution in [3.8, 4) is 22.9 Å². The van der Waals surface area contributed by atoms with Gasteiger partial charge in [-0.25, -0.2) is 0 Å². The van der Waals surface area contributed by atoms with Crippen LogP contribution in [0.1, 0.15) is 19.2 Å². The summed E-state index contributed by atoms with van der Waals surface area (Å²) in [6.45, 7) is 2.29. The molecule has 0 aliphatic rings. The minimum atomic E-state index is -0.262. The van der Waals surface area contributed by atoms with Crippen LogP contribution in [0, 0.1) is 0 Å². The van der Waals surface area contributed by atoms with Crippen molar-refractivity contribution in [3.63, 3.8) is 0 Å². The van der Waals surface area contributed by atoms with E-state index in [1.165, 1.54) is 0 Å². The predicted octanol–water partition coefficient (Wildman–Crippen LogP) is 0.939. The molecular weight excluding hydrogens is 340 g/mol. The molecule has 0 atom stereocenters. The maximum Gasteiger partial charge on any atom is 0.239 e. The molecule has 140 valence electrons. The average Bonchev–Trinajstić information content (AvgIpc) is 3.13. The molecule has 0 saturated carbocycles. The zero-order valence-electron chi connectivity index (χ0n) is 15.0. The topological polar surface area (TPSA) is 116 Å². The van der Waals surface area contributed by atoms with Crippen LogP contribution in [0.5, 0.6) is 11.5 Å². The lowest BCUT2D eigenvalue weighted by Gasteiger charge is -2.07. The summed E-state index contributed by atoms with van der Waals surface area (Å²) in [6.07, 6.45) is 0.425. The largest absolute Gasteiger partial charge is 0.493 e. The van der Waals surface area contributed by atoms with Crippen LogP contribution in [-0.2, 0) is 16.0 Å². The van der Waals surface area contributed by atoms with Crippen LogP contribution in [0.2, 0.25) is 0 Å². The van der Waals surface area contributed by atoms with Gasteiger partial charge in [0.1, 0.15) is 0 Å². The first kappa shape index (κ1) is 19.2. The zero-order chi connectivity index (χ0) is 18.9. The fourth-order valence-electron chi connectivity index (χ4n) is 2.20. The molecule has 2 rings (SSSR count). The van der Waals surface area contributed by atoms with Crippen molar-refractivity contribution in [2.24, 2.45) is 0 Å². The first-order valence-corrected chi connectivity index (χ1v) is 8.15. The summed E-state index contributed by atoms with van der Waals surface area (Å²) in [5.74, 6) is 1.40. The number of nitrogens with one attached hydrogen (secondary N) is 2. The number of hydrogen-bond donors (Lipinski definition) is 2. The molecule has 0 aliphatic heterocycles. The first-order valence-electron chi connectivity index (χ1n) is 8.15. The Bertz CT molecular complexity index is 759. The highest BCUT2D eigenvalue weighted by Gasteiger charge is 2.13. The van der Waals surface area contributed by atoms with Gasteiger partial charge in [-0.15, -0.1) is 0 Å². The van der Waals surface area contributed by atoms with Crippen molar-refractivity contribution < 1.29 is 23.6 Å². The van der Waals surface area contributed by atoms with E-state index in [-0.39, 0.29) is 31.2 Å². The van der Waals surface area contributed by atoms with Crippen LogP contribution in [0.25, 0.3) is 11.4 Å². The number of aromatic nitrogens is 2. The molecule has 26 heavy (non-hydrogen) atoms. The summed E-state index contributed by atoms with van der Waals surface area (Å²) >= 11 is 0. The van der Waals surface area contributed by atoms with E-state index in [4.69, 9.17) is 14.0 Å². The van der Waals surface area contributed by atoms with Gasteiger partial charge >= 0.3 is 0 Å². The average molecular weight is 362 g/mol. The number of hydrogen-bond acceptors (Lipinski definition) is 7. The molecule has 9 nitrogen and oxygen atoms in total. The molecule has 2 N–H and O–H groups in total. The maximum atomic E-state index is 11.7. The molecule has 1 heterocycles. The normalized spacial score (nSPS) is 10.3. The Morgan fingerprint density at radius 2 is 1.88 bits per heavy atom. The highest BCUT2D eigenvalue weighted by atomic mass is 16.5. The SMILES string of the molecule is CCNC(=O)CNC(=O)CCc1nc(-c2ccc(OC)c(OC)c2)no1. The second kappa shape index (κ2) is 9.40. The maximum absolute atomic E-state index is 11.7. The van der Waals surface area contributed by atoms with Crippen LogP contribution >= 0.6 is 0 Å². The van der Waals surface area contributed by atoms with E-state index in [0.29, 0.717) is 35.3 Å². The van der Waals surface area contributed by atoms with Crippen molar-refractivity contribution in [3.05, 3.63) is 24.1 Å². The Morgan fingerprint density at radius 1 is 1.12 bits per heavy atom. The number of carbonyl (C=O) groups excluding carboxylic acids is 2. The van der Waals surface area contributed by atoms with Gasteiger partial charge in [0.05, 0.1) is 20.8 Å². The van der Waals surface area contributed by atoms with E-state index >= 15 is 0 Å². The third kappa shape index (κ3) is 5.20. The number of amides is 2. The Labute approximate surface area is 151 Å². The van der Waals surface area contributed by atoms with E-state index in [1.807, 2.05) is 6.92 Å². The highest BCUT2D eigenvalue weighted by Crippen LogP contribution is 2.31. The number of carbonyl (C=O) groups is 2. The van der Waals surface area contributed by atoms with Gasteiger partial charge in [-0.2, -0.15) is 4.98 Å². The number of aryl methyl sites for hydroxylation is 1. The molecule has 0 spiro atoms. The number of rotatable bonds is 9. The zero-order valence-corrected chi connectivity index (χ0v) is 15.0. The van der Waals surface area contributed by atoms with Crippen molar-refractivity contribution in [2.75, 3.05) is 27.3 Å². The van der Waals surface area contributed by atoms with Crippen LogP contribution in [0.4, 0.5) is 0 Å². The molecule has 0 saturated heterocycles. The third-order valence-electron chi connectivity index (χ3n) is 3.50. The quantitative estimate of drug-likeness (QED) is 0.682. The Hall–Kier alpha value is -3.10. The molecule has 0 unspecified atom stereocenters. The van der Waals surface area contributed by atoms with Crippen LogP contribution in [-0.4, -0.2) is 49.3 Å². The molecule has 0 radical (unpaired) electrons. The Kier molecular flexibility index (Phi) is 6.95. The van der Waals surface area contributed by atoms with Crippen LogP contribution in [0.3, 0.4) is 0 Å². The molecule has 2 amide bonds. The summed E-state index contributed by atoms with van der Waals surface area (Å²) in [5, 5.41) is 9.05. The fraction of sp³-hybridized carbons (Fsp3) is 0.412. The number of benzene rings is 1. The monoisotopic (exact) mass is 362 g/mol. The van der Waals surface area contributed by atoms with Crippen LogP contribution in [0.15, 0.2) is 22.7 Å². The minimum absolute atomic E-state index is 0.0482. The molecule has 0 fully saturated rings. The molecule has 2 aromatic rings. The standard InChI is InChI=1S/C17H22N4O5/c1-4-18-15(23)10-19-14(22)7-8-16-20-17(21-26-16)11-5-6-12(24-2)13(9-11)25-3/h5-6,9H,4,7-8,10H2,1-3H3,(H,18,23)(H,19,22). The summed E-state index contributed by atoms with van der Waals surface area (Å²) in [5.41, 5.74) is 0.707. The molecule has 0 bridgehead atoms. The lowest BCUT2D eigenvalue weighted by molar-refractivity contribution is -0.126. The second-order valence-corrected chi connectivity index (χ2v) is 5.31. The lowest BCUT2D eigenvalue weighted by atomic mass is 10.2. The van der Waals surface area contributed by atoms with E-state index < -0.39 is 0 Å². The van der Waals surface area contributed by atoms with Crippen molar-refractivity contribution in [1.29, 1.82) is 0 Å². The second-order valence-electron chi connectivity index (χ2n) is 5.31. The number of ether oxygens (including phenoxy) is 2. The first-order chi connectivity index (χ1) is 12.6. The van der Waals surface area contributed by atoms with E-state index in [0.717, 1.165) is 0 Å². The van der Waals surface area contributed by atoms with Gasteiger partial charge in [0.2, 0.25) is 23.5 Å². The van der Waals surface area contributed by atoms with Gasteiger partial charge in [0.25, 0.3) is 0 Å². The lowest BCUT2D eigenvalue weighted by Crippen LogP contribution is -2.36. The van der Waals surface area contributed by atoms with Crippen LogP contribution < -0.4 is 20.1 Å². The number of nitrogens with zero attached hydrogens (tertiary/aromatic N) is 2. The predicted molar refractivity (Wildman–Crippen MR) is 92.9 cm³/mol. The smallest absolute Gasteiger partial charge is 0.239 e. The fourth-order valence-corrected chi connectivity index (χ4v) is 2.20.